The summed E-state index contributed by atoms with van der Waals surface area (Å²) in [5, 5.41) is 11.7. The van der Waals surface area contributed by atoms with E-state index in [4.69, 9.17) is 0 Å². The van der Waals surface area contributed by atoms with Crippen LogP contribution < -0.4 is 10.0 Å². The van der Waals surface area contributed by atoms with Crippen LogP contribution in [0.3, 0.4) is 0 Å². The Morgan fingerprint density at radius 2 is 1.67 bits per heavy atom. The van der Waals surface area contributed by atoms with Gasteiger partial charge < -0.3 is 10.4 Å². The van der Waals surface area contributed by atoms with E-state index in [0.717, 1.165) is 5.56 Å². The van der Waals surface area contributed by atoms with Crippen molar-refractivity contribution in [2.45, 2.75) is 37.6 Å². The van der Waals surface area contributed by atoms with E-state index in [1.807, 2.05) is 6.07 Å². The minimum absolute atomic E-state index is 0.00112. The molecule has 7 nitrogen and oxygen atoms in total. The zero-order valence-corrected chi connectivity index (χ0v) is 16.1. The number of aliphatic carboxylic acids is 1. The molecule has 8 heteroatoms. The van der Waals surface area contributed by atoms with E-state index in [0.29, 0.717) is 5.69 Å². The van der Waals surface area contributed by atoms with Gasteiger partial charge in [0.25, 0.3) is 15.9 Å². The summed E-state index contributed by atoms with van der Waals surface area (Å²) in [6.45, 7) is 4.86. The number of aryl methyl sites for hydroxylation is 1. The molecule has 0 bridgehead atoms. The Kier molecular flexibility index (Phi) is 5.90. The Bertz CT molecular complexity index is 954. The molecule has 0 saturated heterocycles. The van der Waals surface area contributed by atoms with Crippen LogP contribution in [0, 0.1) is 6.92 Å². The van der Waals surface area contributed by atoms with Crippen molar-refractivity contribution < 1.29 is 23.1 Å². The number of carbonyl (C=O) groups excluding carboxylic acids is 1. The zero-order chi connectivity index (χ0) is 20.2. The minimum Gasteiger partial charge on any atom is -0.480 e. The Balaban J connectivity index is 2.20. The number of carboxylic acid groups (broad SMARTS) is 1. The maximum Gasteiger partial charge on any atom is 0.329 e. The van der Waals surface area contributed by atoms with Crippen LogP contribution in [0.4, 0.5) is 5.69 Å². The van der Waals surface area contributed by atoms with Crippen molar-refractivity contribution >= 4 is 27.6 Å². The maximum absolute atomic E-state index is 12.5. The molecule has 2 rings (SSSR count). The van der Waals surface area contributed by atoms with E-state index in [2.05, 4.69) is 10.0 Å². The maximum atomic E-state index is 12.5. The molecule has 0 radical (unpaired) electrons. The number of hydrogen-bond donors (Lipinski definition) is 3. The fraction of sp³-hybridized carbons (Fsp3) is 0.263. The van der Waals surface area contributed by atoms with Crippen molar-refractivity contribution in [2.24, 2.45) is 0 Å². The van der Waals surface area contributed by atoms with Crippen LogP contribution in [-0.2, 0) is 14.8 Å². The molecule has 3 N–H and O–H groups in total. The molecule has 0 aromatic heterocycles. The van der Waals surface area contributed by atoms with Gasteiger partial charge in [0.2, 0.25) is 0 Å². The van der Waals surface area contributed by atoms with E-state index in [1.165, 1.54) is 31.2 Å². The van der Waals surface area contributed by atoms with E-state index in [1.54, 1.807) is 32.0 Å². The molecule has 1 unspecified atom stereocenters. The number of para-hydroxylation sites is 1. The number of hydrogen-bond acceptors (Lipinski definition) is 4. The molecule has 0 aliphatic carbocycles. The van der Waals surface area contributed by atoms with Crippen LogP contribution in [0.1, 0.15) is 36.2 Å². The number of carbonyl (C=O) groups is 2. The van der Waals surface area contributed by atoms with E-state index in [-0.39, 0.29) is 16.9 Å². The number of sulfonamides is 1. The predicted octanol–water partition coefficient (Wildman–Crippen LogP) is 2.78. The molecule has 0 spiro atoms. The Labute approximate surface area is 158 Å². The van der Waals surface area contributed by atoms with Crippen LogP contribution in [0.15, 0.2) is 53.4 Å². The van der Waals surface area contributed by atoms with E-state index in [9.17, 15) is 23.1 Å². The summed E-state index contributed by atoms with van der Waals surface area (Å²) in [6, 6.07) is 12.3. The fourth-order valence-electron chi connectivity index (χ4n) is 2.29. The third-order valence-electron chi connectivity index (χ3n) is 4.38. The van der Waals surface area contributed by atoms with Gasteiger partial charge in [0, 0.05) is 5.56 Å². The summed E-state index contributed by atoms with van der Waals surface area (Å²) in [5.41, 5.74) is 0.0312. The fourth-order valence-corrected chi connectivity index (χ4v) is 3.42. The number of benzene rings is 2. The van der Waals surface area contributed by atoms with Crippen LogP contribution in [-0.4, -0.2) is 30.9 Å². The molecule has 0 heterocycles. The molecular formula is C19H22N2O5S. The van der Waals surface area contributed by atoms with Gasteiger partial charge in [-0.3, -0.25) is 9.52 Å². The zero-order valence-electron chi connectivity index (χ0n) is 15.3. The largest absolute Gasteiger partial charge is 0.480 e. The summed E-state index contributed by atoms with van der Waals surface area (Å²) in [4.78, 5) is 23.6. The van der Waals surface area contributed by atoms with Crippen LogP contribution in [0.5, 0.6) is 0 Å². The first-order chi connectivity index (χ1) is 12.6. The normalized spacial score (nSPS) is 13.4. The van der Waals surface area contributed by atoms with Gasteiger partial charge in [-0.2, -0.15) is 0 Å². The summed E-state index contributed by atoms with van der Waals surface area (Å²) in [6.07, 6.45) is 0.209. The van der Waals surface area contributed by atoms with Crippen molar-refractivity contribution in [3.63, 3.8) is 0 Å². The highest BCUT2D eigenvalue weighted by atomic mass is 32.2. The van der Waals surface area contributed by atoms with E-state index >= 15 is 0 Å². The highest BCUT2D eigenvalue weighted by Gasteiger charge is 2.33. The molecule has 144 valence electrons. The predicted molar refractivity (Wildman–Crippen MR) is 102 cm³/mol. The molecule has 0 saturated carbocycles. The van der Waals surface area contributed by atoms with Gasteiger partial charge in [-0.05, 0) is 56.2 Å². The first kappa shape index (κ1) is 20.4. The van der Waals surface area contributed by atoms with Crippen LogP contribution >= 0.6 is 0 Å². The summed E-state index contributed by atoms with van der Waals surface area (Å²) < 4.78 is 27.5. The van der Waals surface area contributed by atoms with E-state index < -0.39 is 27.4 Å². The molecule has 0 aliphatic heterocycles. The third-order valence-corrected chi connectivity index (χ3v) is 5.77. The lowest BCUT2D eigenvalue weighted by Crippen LogP contribution is -2.51. The molecule has 0 fully saturated rings. The Hall–Kier alpha value is -2.87. The van der Waals surface area contributed by atoms with Crippen molar-refractivity contribution in [2.75, 3.05) is 4.72 Å². The number of anilines is 1. The van der Waals surface area contributed by atoms with Gasteiger partial charge in [0.05, 0.1) is 10.6 Å². The molecule has 27 heavy (non-hydrogen) atoms. The Morgan fingerprint density at radius 3 is 2.19 bits per heavy atom. The summed E-state index contributed by atoms with van der Waals surface area (Å²) in [7, 11) is -3.81. The topological polar surface area (TPSA) is 113 Å². The van der Waals surface area contributed by atoms with Gasteiger partial charge in [0.1, 0.15) is 5.54 Å². The second-order valence-corrected chi connectivity index (χ2v) is 8.07. The summed E-state index contributed by atoms with van der Waals surface area (Å²) >= 11 is 0. The average molecular weight is 390 g/mol. The number of carboxylic acids is 1. The lowest BCUT2D eigenvalue weighted by Gasteiger charge is -2.24. The van der Waals surface area contributed by atoms with Crippen LogP contribution in [0.2, 0.25) is 0 Å². The SMILES string of the molecule is CCC(C)(NC(=O)c1ccc(S(=O)(=O)Nc2ccccc2C)cc1)C(=O)O. The molecule has 2 aromatic rings. The average Bonchev–Trinajstić information content (AvgIpc) is 2.63. The van der Waals surface area contributed by atoms with Gasteiger partial charge in [-0.25, -0.2) is 13.2 Å². The van der Waals surface area contributed by atoms with Crippen molar-refractivity contribution in [1.29, 1.82) is 0 Å². The minimum atomic E-state index is -3.81. The Morgan fingerprint density at radius 1 is 1.07 bits per heavy atom. The quantitative estimate of drug-likeness (QED) is 0.673. The molecule has 1 atom stereocenters. The number of nitrogens with one attached hydrogen (secondary N) is 2. The van der Waals surface area contributed by atoms with Crippen LogP contribution in [0.25, 0.3) is 0 Å². The highest BCUT2D eigenvalue weighted by molar-refractivity contribution is 7.92. The second-order valence-electron chi connectivity index (χ2n) is 6.39. The second kappa shape index (κ2) is 7.79. The van der Waals surface area contributed by atoms with Gasteiger partial charge >= 0.3 is 5.97 Å². The standard InChI is InChI=1S/C19H22N2O5S/c1-4-19(3,18(23)24)20-17(22)14-9-11-15(12-10-14)27(25,26)21-16-8-6-5-7-13(16)2/h5-12,21H,4H2,1-3H3,(H,20,22)(H,23,24). The smallest absolute Gasteiger partial charge is 0.329 e. The first-order valence-electron chi connectivity index (χ1n) is 8.33. The molecule has 2 aromatic carbocycles. The highest BCUT2D eigenvalue weighted by Crippen LogP contribution is 2.20. The first-order valence-corrected chi connectivity index (χ1v) is 9.82. The monoisotopic (exact) mass is 390 g/mol. The van der Waals surface area contributed by atoms with Gasteiger partial charge in [-0.15, -0.1) is 0 Å². The molecule has 1 amide bonds. The summed E-state index contributed by atoms with van der Waals surface area (Å²) in [5.74, 6) is -1.72. The number of rotatable bonds is 7. The number of amides is 1. The van der Waals surface area contributed by atoms with Crippen molar-refractivity contribution in [1.82, 2.24) is 5.32 Å². The van der Waals surface area contributed by atoms with Crippen molar-refractivity contribution in [3.05, 3.63) is 59.7 Å². The van der Waals surface area contributed by atoms with Gasteiger partial charge in [-0.1, -0.05) is 25.1 Å². The van der Waals surface area contributed by atoms with Gasteiger partial charge in [0.15, 0.2) is 0 Å². The van der Waals surface area contributed by atoms with Crippen molar-refractivity contribution in [3.8, 4) is 0 Å². The third kappa shape index (κ3) is 4.65. The molecular weight excluding hydrogens is 368 g/mol. The molecule has 0 aliphatic rings. The lowest BCUT2D eigenvalue weighted by atomic mass is 9.98. The lowest BCUT2D eigenvalue weighted by molar-refractivity contribution is -0.143.